The molecule has 0 aromatic heterocycles. The summed E-state index contributed by atoms with van der Waals surface area (Å²) in [5, 5.41) is 0. The van der Waals surface area contributed by atoms with Gasteiger partial charge in [-0.15, -0.1) is 0 Å². The molecule has 0 spiro atoms. The molecule has 1 heterocycles. The topological polar surface area (TPSA) is 23.6 Å². The molecule has 0 N–H and O–H groups in total. The number of anilines is 1. The third-order valence-corrected chi connectivity index (χ3v) is 5.46. The molecule has 138 valence electrons. The minimum Gasteiger partial charge on any atom is -0.310 e. The summed E-state index contributed by atoms with van der Waals surface area (Å²) < 4.78 is 0. The second kappa shape index (κ2) is 7.24. The number of amides is 1. The van der Waals surface area contributed by atoms with Crippen LogP contribution in [0.3, 0.4) is 0 Å². The van der Waals surface area contributed by atoms with Crippen molar-refractivity contribution in [2.45, 2.75) is 52.6 Å². The van der Waals surface area contributed by atoms with Gasteiger partial charge in [0.2, 0.25) is 5.91 Å². The summed E-state index contributed by atoms with van der Waals surface area (Å²) in [6, 6.07) is 16.8. The average Bonchev–Trinajstić information content (AvgIpc) is 2.60. The van der Waals surface area contributed by atoms with Crippen LogP contribution in [0.2, 0.25) is 0 Å². The van der Waals surface area contributed by atoms with Crippen molar-refractivity contribution < 1.29 is 4.79 Å². The lowest BCUT2D eigenvalue weighted by molar-refractivity contribution is -0.125. The maximum atomic E-state index is 13.0. The average molecular weight is 351 g/mol. The van der Waals surface area contributed by atoms with Gasteiger partial charge < -0.3 is 4.90 Å². The number of carbonyl (C=O) groups is 1. The summed E-state index contributed by atoms with van der Waals surface area (Å²) in [5.74, 6) is 0.188. The van der Waals surface area contributed by atoms with E-state index in [2.05, 4.69) is 81.1 Å². The number of hydrogen-bond donors (Lipinski definition) is 0. The zero-order valence-corrected chi connectivity index (χ0v) is 16.6. The summed E-state index contributed by atoms with van der Waals surface area (Å²) in [7, 11) is 0. The first-order valence-electron chi connectivity index (χ1n) is 9.48. The van der Waals surface area contributed by atoms with Crippen molar-refractivity contribution in [2.75, 3.05) is 18.0 Å². The van der Waals surface area contributed by atoms with E-state index in [1.54, 1.807) is 0 Å². The molecule has 26 heavy (non-hydrogen) atoms. The summed E-state index contributed by atoms with van der Waals surface area (Å²) in [6.07, 6.45) is 0. The largest absolute Gasteiger partial charge is 0.310 e. The first-order chi connectivity index (χ1) is 12.3. The van der Waals surface area contributed by atoms with Gasteiger partial charge in [-0.25, -0.2) is 0 Å². The van der Waals surface area contributed by atoms with E-state index in [0.29, 0.717) is 0 Å². The fraction of sp³-hybridized carbons (Fsp3) is 0.435. The van der Waals surface area contributed by atoms with Crippen molar-refractivity contribution in [2.24, 2.45) is 0 Å². The number of carbonyl (C=O) groups excluding carboxylic acids is 1. The lowest BCUT2D eigenvalue weighted by Crippen LogP contribution is -2.55. The molecule has 1 aliphatic rings. The van der Waals surface area contributed by atoms with Gasteiger partial charge in [0.15, 0.2) is 0 Å². The summed E-state index contributed by atoms with van der Waals surface area (Å²) in [5.41, 5.74) is 5.01. The first kappa shape index (κ1) is 18.7. The predicted octanol–water partition coefficient (Wildman–Crippen LogP) is 4.53. The third kappa shape index (κ3) is 3.83. The van der Waals surface area contributed by atoms with Crippen LogP contribution in [0, 0.1) is 6.92 Å². The van der Waals surface area contributed by atoms with Crippen LogP contribution in [0.5, 0.6) is 0 Å². The van der Waals surface area contributed by atoms with E-state index >= 15 is 0 Å². The zero-order valence-electron chi connectivity index (χ0n) is 16.6. The Morgan fingerprint density at radius 1 is 1.00 bits per heavy atom. The Kier molecular flexibility index (Phi) is 5.19. The van der Waals surface area contributed by atoms with Gasteiger partial charge in [0, 0.05) is 25.3 Å². The van der Waals surface area contributed by atoms with Gasteiger partial charge >= 0.3 is 0 Å². The van der Waals surface area contributed by atoms with E-state index in [0.717, 1.165) is 25.3 Å². The lowest BCUT2D eigenvalue weighted by Gasteiger charge is -2.39. The summed E-state index contributed by atoms with van der Waals surface area (Å²) in [4.78, 5) is 17.2. The predicted molar refractivity (Wildman–Crippen MR) is 109 cm³/mol. The SMILES string of the molecule is Cc1ccccc1CN1CCN(c2ccc(C(C)(C)C)cc2)C(=O)[C@@H]1C. The van der Waals surface area contributed by atoms with Crippen LogP contribution in [0.1, 0.15) is 44.4 Å². The summed E-state index contributed by atoms with van der Waals surface area (Å²) >= 11 is 0. The van der Waals surface area contributed by atoms with Crippen molar-refractivity contribution >= 4 is 11.6 Å². The van der Waals surface area contributed by atoms with Crippen molar-refractivity contribution in [1.29, 1.82) is 0 Å². The second-order valence-electron chi connectivity index (χ2n) is 8.36. The Hall–Kier alpha value is -2.13. The number of nitrogens with zero attached hydrogens (tertiary/aromatic N) is 2. The van der Waals surface area contributed by atoms with E-state index in [4.69, 9.17) is 0 Å². The minimum atomic E-state index is -0.106. The van der Waals surface area contributed by atoms with Crippen molar-refractivity contribution in [3.63, 3.8) is 0 Å². The molecule has 0 aliphatic carbocycles. The molecule has 2 aromatic carbocycles. The van der Waals surface area contributed by atoms with E-state index in [1.807, 2.05) is 11.8 Å². The highest BCUT2D eigenvalue weighted by Gasteiger charge is 2.32. The number of benzene rings is 2. The van der Waals surface area contributed by atoms with Crippen LogP contribution in [-0.2, 0) is 16.8 Å². The fourth-order valence-corrected chi connectivity index (χ4v) is 3.53. The Morgan fingerprint density at radius 3 is 2.27 bits per heavy atom. The molecular formula is C23H30N2O. The van der Waals surface area contributed by atoms with E-state index in [-0.39, 0.29) is 17.4 Å². The highest BCUT2D eigenvalue weighted by molar-refractivity contribution is 5.97. The molecule has 3 heteroatoms. The Labute approximate surface area is 157 Å². The van der Waals surface area contributed by atoms with Crippen LogP contribution in [0.4, 0.5) is 5.69 Å². The van der Waals surface area contributed by atoms with E-state index in [9.17, 15) is 4.79 Å². The Bertz CT molecular complexity index is 774. The van der Waals surface area contributed by atoms with Gasteiger partial charge in [-0.2, -0.15) is 0 Å². The molecule has 0 unspecified atom stereocenters. The van der Waals surface area contributed by atoms with Gasteiger partial charge in [-0.1, -0.05) is 57.2 Å². The molecule has 1 fully saturated rings. The Morgan fingerprint density at radius 2 is 1.65 bits per heavy atom. The van der Waals surface area contributed by atoms with Crippen LogP contribution < -0.4 is 4.90 Å². The zero-order chi connectivity index (χ0) is 18.9. The highest BCUT2D eigenvalue weighted by Crippen LogP contribution is 2.27. The fourth-order valence-electron chi connectivity index (χ4n) is 3.53. The molecule has 0 saturated carbocycles. The maximum absolute atomic E-state index is 13.0. The van der Waals surface area contributed by atoms with Crippen LogP contribution >= 0.6 is 0 Å². The molecule has 3 nitrogen and oxygen atoms in total. The number of rotatable bonds is 3. The van der Waals surface area contributed by atoms with Gasteiger partial charge in [0.25, 0.3) is 0 Å². The second-order valence-corrected chi connectivity index (χ2v) is 8.36. The quantitative estimate of drug-likeness (QED) is 0.812. The maximum Gasteiger partial charge on any atom is 0.244 e. The molecular weight excluding hydrogens is 320 g/mol. The number of hydrogen-bond acceptors (Lipinski definition) is 2. The third-order valence-electron chi connectivity index (χ3n) is 5.46. The molecule has 3 rings (SSSR count). The first-order valence-corrected chi connectivity index (χ1v) is 9.48. The van der Waals surface area contributed by atoms with E-state index < -0.39 is 0 Å². The van der Waals surface area contributed by atoms with Crippen molar-refractivity contribution in [3.8, 4) is 0 Å². The number of piperazine rings is 1. The monoisotopic (exact) mass is 350 g/mol. The Balaban J connectivity index is 1.72. The normalized spacial score (nSPS) is 19.0. The lowest BCUT2D eigenvalue weighted by atomic mass is 9.87. The smallest absolute Gasteiger partial charge is 0.244 e. The molecule has 1 saturated heterocycles. The van der Waals surface area contributed by atoms with E-state index in [1.165, 1.54) is 16.7 Å². The number of aryl methyl sites for hydroxylation is 1. The van der Waals surface area contributed by atoms with Crippen molar-refractivity contribution in [3.05, 3.63) is 65.2 Å². The van der Waals surface area contributed by atoms with Gasteiger partial charge in [-0.3, -0.25) is 9.69 Å². The van der Waals surface area contributed by atoms with Crippen LogP contribution in [-0.4, -0.2) is 29.9 Å². The molecule has 1 atom stereocenters. The minimum absolute atomic E-state index is 0.106. The summed E-state index contributed by atoms with van der Waals surface area (Å²) in [6.45, 7) is 13.2. The van der Waals surface area contributed by atoms with Gasteiger partial charge in [0.05, 0.1) is 6.04 Å². The van der Waals surface area contributed by atoms with Gasteiger partial charge in [-0.05, 0) is 48.1 Å². The molecule has 0 radical (unpaired) electrons. The molecule has 0 bridgehead atoms. The highest BCUT2D eigenvalue weighted by atomic mass is 16.2. The van der Waals surface area contributed by atoms with Crippen molar-refractivity contribution in [1.82, 2.24) is 4.90 Å². The molecule has 1 amide bonds. The molecule has 1 aliphatic heterocycles. The van der Waals surface area contributed by atoms with Crippen LogP contribution in [0.25, 0.3) is 0 Å². The molecule has 2 aromatic rings. The standard InChI is InChI=1S/C23H30N2O/c1-17-8-6-7-9-19(17)16-24-14-15-25(22(26)18(24)2)21-12-10-20(11-13-21)23(3,4)5/h6-13,18H,14-16H2,1-5H3/t18-/m0/s1. The van der Waals surface area contributed by atoms with Crippen LogP contribution in [0.15, 0.2) is 48.5 Å². The van der Waals surface area contributed by atoms with Gasteiger partial charge in [0.1, 0.15) is 0 Å².